The first-order valence-electron chi connectivity index (χ1n) is 7.54. The minimum Gasteiger partial charge on any atom is -0.207 e. The molecule has 0 spiro atoms. The molecule has 0 saturated heterocycles. The number of rotatable bonds is 7. The number of sulfonamides is 1. The molecule has 0 aliphatic heterocycles. The number of aryl methyl sites for hydroxylation is 2. The Morgan fingerprint density at radius 3 is 1.95 bits per heavy atom. The van der Waals surface area contributed by atoms with Crippen molar-refractivity contribution in [3.63, 3.8) is 0 Å². The van der Waals surface area contributed by atoms with Gasteiger partial charge in [-0.05, 0) is 43.0 Å². The maximum absolute atomic E-state index is 13.4. The Kier molecular flexibility index (Phi) is 6.35. The normalized spacial score (nSPS) is 12.4. The van der Waals surface area contributed by atoms with E-state index in [4.69, 9.17) is 0 Å². The smallest absolute Gasteiger partial charge is 0.207 e. The second kappa shape index (κ2) is 7.36. The molecule has 0 fully saturated rings. The van der Waals surface area contributed by atoms with Gasteiger partial charge in [0.1, 0.15) is 5.82 Å². The van der Waals surface area contributed by atoms with Gasteiger partial charge in [0.05, 0.1) is 4.90 Å². The third-order valence-corrected chi connectivity index (χ3v) is 6.24. The largest absolute Gasteiger partial charge is 0.243 e. The molecule has 0 saturated carbocycles. The van der Waals surface area contributed by atoms with E-state index < -0.39 is 15.8 Å². The van der Waals surface area contributed by atoms with E-state index in [1.54, 1.807) is 13.8 Å². The summed E-state index contributed by atoms with van der Waals surface area (Å²) in [6.45, 7) is 10.2. The molecule has 0 heterocycles. The molecule has 120 valence electrons. The number of halogens is 1. The Labute approximate surface area is 128 Å². The van der Waals surface area contributed by atoms with Crippen molar-refractivity contribution in [2.75, 3.05) is 13.1 Å². The maximum atomic E-state index is 13.4. The quantitative estimate of drug-likeness (QED) is 0.765. The van der Waals surface area contributed by atoms with Crippen LogP contribution in [0.1, 0.15) is 44.7 Å². The molecule has 0 bridgehead atoms. The first kappa shape index (κ1) is 18.1. The highest BCUT2D eigenvalue weighted by molar-refractivity contribution is 7.89. The van der Waals surface area contributed by atoms with Gasteiger partial charge in [0.25, 0.3) is 0 Å². The third-order valence-electron chi connectivity index (χ3n) is 3.99. The lowest BCUT2D eigenvalue weighted by Crippen LogP contribution is -2.35. The van der Waals surface area contributed by atoms with Gasteiger partial charge in [-0.25, -0.2) is 12.8 Å². The Balaban J connectivity index is 3.25. The molecular formula is C16H26FNO2S. The molecular weight excluding hydrogens is 289 g/mol. The summed E-state index contributed by atoms with van der Waals surface area (Å²) in [4.78, 5) is 0.247. The molecule has 0 atom stereocenters. The van der Waals surface area contributed by atoms with Crippen molar-refractivity contribution >= 4 is 10.0 Å². The predicted molar refractivity (Wildman–Crippen MR) is 84.4 cm³/mol. The van der Waals surface area contributed by atoms with Gasteiger partial charge in [0, 0.05) is 13.1 Å². The third kappa shape index (κ3) is 4.04. The highest BCUT2D eigenvalue weighted by Gasteiger charge is 2.28. The van der Waals surface area contributed by atoms with Crippen molar-refractivity contribution in [3.05, 3.63) is 29.1 Å². The Morgan fingerprint density at radius 2 is 1.57 bits per heavy atom. The molecule has 0 aliphatic rings. The molecule has 0 amide bonds. The fourth-order valence-electron chi connectivity index (χ4n) is 2.67. The zero-order chi connectivity index (χ0) is 16.2. The van der Waals surface area contributed by atoms with Crippen LogP contribution in [-0.4, -0.2) is 25.8 Å². The van der Waals surface area contributed by atoms with Crippen LogP contribution in [0, 0.1) is 25.6 Å². The summed E-state index contributed by atoms with van der Waals surface area (Å²) >= 11 is 0. The minimum absolute atomic E-state index is 0.247. The first-order chi connectivity index (χ1) is 9.77. The molecule has 0 radical (unpaired) electrons. The van der Waals surface area contributed by atoms with Crippen LogP contribution < -0.4 is 0 Å². The van der Waals surface area contributed by atoms with E-state index in [9.17, 15) is 12.8 Å². The second-order valence-corrected chi connectivity index (χ2v) is 7.38. The van der Waals surface area contributed by atoms with Gasteiger partial charge in [-0.1, -0.05) is 33.6 Å². The SMILES string of the molecule is CCC(CC)CN(CC)S(=O)(=O)c1c(C)cc(F)cc1C. The standard InChI is InChI=1S/C16H26FNO2S/c1-6-14(7-2)11-18(8-3)21(19,20)16-12(4)9-15(17)10-13(16)5/h9-10,14H,6-8,11H2,1-5H3. The monoisotopic (exact) mass is 315 g/mol. The predicted octanol–water partition coefficient (Wildman–Crippen LogP) is 3.89. The number of hydrogen-bond donors (Lipinski definition) is 0. The van der Waals surface area contributed by atoms with E-state index in [0.29, 0.717) is 30.1 Å². The van der Waals surface area contributed by atoms with Gasteiger partial charge >= 0.3 is 0 Å². The summed E-state index contributed by atoms with van der Waals surface area (Å²) in [7, 11) is -3.58. The van der Waals surface area contributed by atoms with E-state index in [1.807, 2.05) is 6.92 Å². The van der Waals surface area contributed by atoms with Gasteiger partial charge in [0.2, 0.25) is 10.0 Å². The van der Waals surface area contributed by atoms with Gasteiger partial charge < -0.3 is 0 Å². The van der Waals surface area contributed by atoms with Gasteiger partial charge in [-0.3, -0.25) is 0 Å². The Hall–Kier alpha value is -0.940. The van der Waals surface area contributed by atoms with Crippen molar-refractivity contribution in [1.82, 2.24) is 4.31 Å². The van der Waals surface area contributed by atoms with Crippen molar-refractivity contribution < 1.29 is 12.8 Å². The summed E-state index contributed by atoms with van der Waals surface area (Å²) < 4.78 is 40.7. The summed E-state index contributed by atoms with van der Waals surface area (Å²) in [6.07, 6.45) is 1.90. The van der Waals surface area contributed by atoms with Crippen LogP contribution in [0.5, 0.6) is 0 Å². The number of benzene rings is 1. The fourth-order valence-corrected chi connectivity index (χ4v) is 4.60. The van der Waals surface area contributed by atoms with Crippen LogP contribution in [0.2, 0.25) is 0 Å². The molecule has 0 aliphatic carbocycles. The van der Waals surface area contributed by atoms with E-state index in [2.05, 4.69) is 13.8 Å². The van der Waals surface area contributed by atoms with Crippen LogP contribution in [-0.2, 0) is 10.0 Å². The zero-order valence-electron chi connectivity index (χ0n) is 13.6. The summed E-state index contributed by atoms with van der Waals surface area (Å²) in [5.74, 6) is -0.0484. The number of nitrogens with zero attached hydrogens (tertiary/aromatic N) is 1. The Bertz CT molecular complexity index is 557. The molecule has 0 unspecified atom stereocenters. The number of hydrogen-bond acceptors (Lipinski definition) is 2. The summed E-state index contributed by atoms with van der Waals surface area (Å²) in [5.41, 5.74) is 0.936. The average molecular weight is 315 g/mol. The molecule has 21 heavy (non-hydrogen) atoms. The molecule has 3 nitrogen and oxygen atoms in total. The minimum atomic E-state index is -3.58. The second-order valence-electron chi connectivity index (χ2n) is 5.51. The molecule has 1 rings (SSSR count). The van der Waals surface area contributed by atoms with Crippen LogP contribution in [0.25, 0.3) is 0 Å². The first-order valence-corrected chi connectivity index (χ1v) is 8.98. The molecule has 0 N–H and O–H groups in total. The molecule has 0 aromatic heterocycles. The van der Waals surface area contributed by atoms with Crippen LogP contribution in [0.15, 0.2) is 17.0 Å². The summed E-state index contributed by atoms with van der Waals surface area (Å²) in [6, 6.07) is 2.57. The van der Waals surface area contributed by atoms with E-state index in [0.717, 1.165) is 12.8 Å². The molecule has 1 aromatic carbocycles. The topological polar surface area (TPSA) is 37.4 Å². The van der Waals surface area contributed by atoms with Crippen LogP contribution in [0.3, 0.4) is 0 Å². The van der Waals surface area contributed by atoms with Crippen molar-refractivity contribution in [2.24, 2.45) is 5.92 Å². The van der Waals surface area contributed by atoms with Crippen molar-refractivity contribution in [3.8, 4) is 0 Å². The fraction of sp³-hybridized carbons (Fsp3) is 0.625. The van der Waals surface area contributed by atoms with Crippen LogP contribution in [0.4, 0.5) is 4.39 Å². The van der Waals surface area contributed by atoms with Crippen LogP contribution >= 0.6 is 0 Å². The summed E-state index contributed by atoms with van der Waals surface area (Å²) in [5, 5.41) is 0. The maximum Gasteiger partial charge on any atom is 0.243 e. The van der Waals surface area contributed by atoms with Gasteiger partial charge in [-0.15, -0.1) is 0 Å². The lowest BCUT2D eigenvalue weighted by Gasteiger charge is -2.26. The van der Waals surface area contributed by atoms with Crippen molar-refractivity contribution in [2.45, 2.75) is 52.4 Å². The molecule has 1 aromatic rings. The van der Waals surface area contributed by atoms with E-state index in [-0.39, 0.29) is 4.90 Å². The average Bonchev–Trinajstić information content (AvgIpc) is 2.38. The Morgan fingerprint density at radius 1 is 1.10 bits per heavy atom. The van der Waals surface area contributed by atoms with Crippen molar-refractivity contribution in [1.29, 1.82) is 0 Å². The lowest BCUT2D eigenvalue weighted by molar-refractivity contribution is 0.339. The van der Waals surface area contributed by atoms with E-state index >= 15 is 0 Å². The highest BCUT2D eigenvalue weighted by atomic mass is 32.2. The zero-order valence-corrected chi connectivity index (χ0v) is 14.4. The lowest BCUT2D eigenvalue weighted by atomic mass is 10.0. The molecule has 5 heteroatoms. The highest BCUT2D eigenvalue weighted by Crippen LogP contribution is 2.26. The van der Waals surface area contributed by atoms with Gasteiger partial charge in [-0.2, -0.15) is 4.31 Å². The van der Waals surface area contributed by atoms with Gasteiger partial charge in [0.15, 0.2) is 0 Å². The van der Waals surface area contributed by atoms with E-state index in [1.165, 1.54) is 16.4 Å².